The Kier molecular flexibility index (Phi) is 8.83. The van der Waals surface area contributed by atoms with Crippen LogP contribution in [0.5, 0.6) is 11.5 Å². The van der Waals surface area contributed by atoms with Gasteiger partial charge in [-0.3, -0.25) is 0 Å². The first-order valence-corrected chi connectivity index (χ1v) is 8.10. The summed E-state index contributed by atoms with van der Waals surface area (Å²) in [4.78, 5) is 4.58. The molecule has 0 aliphatic carbocycles. The molecule has 2 rings (SSSR count). The molecule has 1 aliphatic rings. The van der Waals surface area contributed by atoms with Gasteiger partial charge in [0.15, 0.2) is 17.5 Å². The minimum Gasteiger partial charge on any atom is -0.489 e. The molecule has 2 N–H and O–H groups in total. The molecule has 1 aliphatic heterocycles. The van der Waals surface area contributed by atoms with E-state index in [4.69, 9.17) is 21.1 Å². The smallest absolute Gasteiger partial charge is 0.191 e. The maximum Gasteiger partial charge on any atom is 0.191 e. The van der Waals surface area contributed by atoms with Gasteiger partial charge in [0, 0.05) is 19.0 Å². The first-order valence-electron chi connectivity index (χ1n) is 7.73. The highest BCUT2D eigenvalue weighted by Gasteiger charge is 2.15. The Morgan fingerprint density at radius 3 is 2.74 bits per heavy atom. The third kappa shape index (κ3) is 6.25. The molecule has 0 saturated heterocycles. The van der Waals surface area contributed by atoms with Gasteiger partial charge in [-0.1, -0.05) is 11.6 Å². The van der Waals surface area contributed by atoms with Crippen molar-refractivity contribution in [3.8, 4) is 11.5 Å². The zero-order valence-electron chi connectivity index (χ0n) is 13.8. The Morgan fingerprint density at radius 1 is 1.30 bits per heavy atom. The highest BCUT2D eigenvalue weighted by molar-refractivity contribution is 14.0. The summed E-state index contributed by atoms with van der Waals surface area (Å²) in [6.07, 6.45) is 0.862. The van der Waals surface area contributed by atoms with E-state index < -0.39 is 0 Å². The second-order valence-corrected chi connectivity index (χ2v) is 5.86. The summed E-state index contributed by atoms with van der Waals surface area (Å²) in [5, 5.41) is 7.08. The molecule has 7 heteroatoms. The Bertz CT molecular complexity index is 538. The second-order valence-electron chi connectivity index (χ2n) is 5.45. The molecule has 0 atom stereocenters. The lowest BCUT2D eigenvalue weighted by molar-refractivity contribution is 0.297. The highest BCUT2D eigenvalue weighted by atomic mass is 127. The van der Waals surface area contributed by atoms with Crippen LogP contribution in [0.3, 0.4) is 0 Å². The Hall–Kier alpha value is -0.890. The molecule has 0 radical (unpaired) electrons. The van der Waals surface area contributed by atoms with E-state index in [-0.39, 0.29) is 24.0 Å². The van der Waals surface area contributed by atoms with E-state index in [1.54, 1.807) is 0 Å². The van der Waals surface area contributed by atoms with E-state index in [1.165, 1.54) is 0 Å². The number of halogens is 2. The maximum atomic E-state index is 6.30. The van der Waals surface area contributed by atoms with Gasteiger partial charge in [-0.15, -0.1) is 24.0 Å². The standard InChI is InChI=1S/C16H24ClN3O2.HI/c1-4-18-16(20-11(2)3)19-10-12-8-13(17)15-14(9-12)21-6-5-7-22-15;/h8-9,11H,4-7,10H2,1-3H3,(H2,18,19,20);1H. The largest absolute Gasteiger partial charge is 0.489 e. The number of aliphatic imine (C=N–C) groups is 1. The first kappa shape index (κ1) is 20.2. The molecular weight excluding hydrogens is 429 g/mol. The van der Waals surface area contributed by atoms with Crippen LogP contribution in [-0.2, 0) is 6.54 Å². The molecule has 0 bridgehead atoms. The van der Waals surface area contributed by atoms with Crippen molar-refractivity contribution in [3.05, 3.63) is 22.7 Å². The Balaban J connectivity index is 0.00000264. The van der Waals surface area contributed by atoms with Crippen LogP contribution in [0.15, 0.2) is 17.1 Å². The van der Waals surface area contributed by atoms with Gasteiger partial charge in [0.25, 0.3) is 0 Å². The quantitative estimate of drug-likeness (QED) is 0.416. The molecule has 0 amide bonds. The van der Waals surface area contributed by atoms with Crippen LogP contribution in [0, 0.1) is 0 Å². The molecule has 130 valence electrons. The molecule has 0 spiro atoms. The molecule has 0 fully saturated rings. The summed E-state index contributed by atoms with van der Waals surface area (Å²) >= 11 is 6.30. The van der Waals surface area contributed by atoms with E-state index in [0.717, 1.165) is 24.5 Å². The summed E-state index contributed by atoms with van der Waals surface area (Å²) in [7, 11) is 0. The number of benzene rings is 1. The molecule has 0 aromatic heterocycles. The van der Waals surface area contributed by atoms with Gasteiger partial charge in [0.2, 0.25) is 0 Å². The van der Waals surface area contributed by atoms with E-state index >= 15 is 0 Å². The van der Waals surface area contributed by atoms with Gasteiger partial charge >= 0.3 is 0 Å². The molecule has 1 aromatic rings. The van der Waals surface area contributed by atoms with Crippen LogP contribution < -0.4 is 20.1 Å². The predicted octanol–water partition coefficient (Wildman–Crippen LogP) is 3.58. The van der Waals surface area contributed by atoms with Crippen LogP contribution in [0.1, 0.15) is 32.8 Å². The van der Waals surface area contributed by atoms with Gasteiger partial charge in [0.05, 0.1) is 24.8 Å². The number of ether oxygens (including phenoxy) is 2. The van der Waals surface area contributed by atoms with Gasteiger partial charge < -0.3 is 20.1 Å². The third-order valence-corrected chi connectivity index (χ3v) is 3.33. The van der Waals surface area contributed by atoms with Crippen LogP contribution in [0.4, 0.5) is 0 Å². The van der Waals surface area contributed by atoms with Crippen molar-refractivity contribution in [1.82, 2.24) is 10.6 Å². The molecule has 5 nitrogen and oxygen atoms in total. The monoisotopic (exact) mass is 453 g/mol. The van der Waals surface area contributed by atoms with Crippen LogP contribution >= 0.6 is 35.6 Å². The summed E-state index contributed by atoms with van der Waals surface area (Å²) in [5.74, 6) is 2.14. The minimum atomic E-state index is 0. The van der Waals surface area contributed by atoms with Crippen LogP contribution in [-0.4, -0.2) is 31.8 Å². The average molecular weight is 454 g/mol. The number of nitrogens with one attached hydrogen (secondary N) is 2. The predicted molar refractivity (Wildman–Crippen MR) is 106 cm³/mol. The molecule has 1 aromatic carbocycles. The van der Waals surface area contributed by atoms with E-state index in [1.807, 2.05) is 19.1 Å². The summed E-state index contributed by atoms with van der Waals surface area (Å²) in [6.45, 7) is 8.83. The number of hydrogen-bond acceptors (Lipinski definition) is 3. The molecule has 23 heavy (non-hydrogen) atoms. The van der Waals surface area contributed by atoms with Gasteiger partial charge in [-0.25, -0.2) is 4.99 Å². The SMILES string of the molecule is CCNC(=NCc1cc(Cl)c2c(c1)OCCCO2)NC(C)C.I. The fourth-order valence-corrected chi connectivity index (χ4v) is 2.43. The summed E-state index contributed by atoms with van der Waals surface area (Å²) < 4.78 is 11.3. The Labute approximate surface area is 160 Å². The molecule has 0 saturated carbocycles. The number of hydrogen-bond donors (Lipinski definition) is 2. The number of guanidine groups is 1. The van der Waals surface area contributed by atoms with E-state index in [2.05, 4.69) is 29.5 Å². The van der Waals surface area contributed by atoms with E-state index in [9.17, 15) is 0 Å². The van der Waals surface area contributed by atoms with E-state index in [0.29, 0.717) is 42.3 Å². The highest BCUT2D eigenvalue weighted by Crippen LogP contribution is 2.38. The normalized spacial score (nSPS) is 14.0. The number of rotatable bonds is 4. The third-order valence-electron chi connectivity index (χ3n) is 3.05. The second kappa shape index (κ2) is 10.1. The van der Waals surface area contributed by atoms with Crippen molar-refractivity contribution in [2.24, 2.45) is 4.99 Å². The van der Waals surface area contributed by atoms with Gasteiger partial charge in [-0.05, 0) is 38.5 Å². The van der Waals surface area contributed by atoms with Crippen molar-refractivity contribution >= 4 is 41.5 Å². The zero-order chi connectivity index (χ0) is 15.9. The van der Waals surface area contributed by atoms with Crippen molar-refractivity contribution < 1.29 is 9.47 Å². The lowest BCUT2D eigenvalue weighted by atomic mass is 10.2. The van der Waals surface area contributed by atoms with Gasteiger partial charge in [0.1, 0.15) is 0 Å². The lowest BCUT2D eigenvalue weighted by Gasteiger charge is -2.14. The summed E-state index contributed by atoms with van der Waals surface area (Å²) in [6, 6.07) is 4.16. The molecular formula is C16H25ClIN3O2. The average Bonchev–Trinajstić information content (AvgIpc) is 2.70. The number of fused-ring (bicyclic) bond motifs is 1. The Morgan fingerprint density at radius 2 is 2.04 bits per heavy atom. The lowest BCUT2D eigenvalue weighted by Crippen LogP contribution is -2.40. The molecule has 1 heterocycles. The van der Waals surface area contributed by atoms with Crippen molar-refractivity contribution in [1.29, 1.82) is 0 Å². The maximum absolute atomic E-state index is 6.30. The van der Waals surface area contributed by atoms with Gasteiger partial charge in [-0.2, -0.15) is 0 Å². The van der Waals surface area contributed by atoms with Crippen molar-refractivity contribution in [2.75, 3.05) is 19.8 Å². The number of nitrogens with zero attached hydrogens (tertiary/aromatic N) is 1. The van der Waals surface area contributed by atoms with Crippen LogP contribution in [0.25, 0.3) is 0 Å². The summed E-state index contributed by atoms with van der Waals surface area (Å²) in [5.41, 5.74) is 0.996. The minimum absolute atomic E-state index is 0. The fourth-order valence-electron chi connectivity index (χ4n) is 2.14. The van der Waals surface area contributed by atoms with Crippen molar-refractivity contribution in [3.63, 3.8) is 0 Å². The first-order chi connectivity index (χ1) is 10.6. The zero-order valence-corrected chi connectivity index (χ0v) is 16.9. The van der Waals surface area contributed by atoms with Crippen LogP contribution in [0.2, 0.25) is 5.02 Å². The molecule has 0 unspecified atom stereocenters. The van der Waals surface area contributed by atoms with Crippen molar-refractivity contribution in [2.45, 2.75) is 39.8 Å². The topological polar surface area (TPSA) is 54.9 Å². The fraction of sp³-hybridized carbons (Fsp3) is 0.562.